The molecule has 0 unspecified atom stereocenters. The first-order chi connectivity index (χ1) is 7.62. The zero-order valence-electron chi connectivity index (χ0n) is 9.57. The van der Waals surface area contributed by atoms with Crippen molar-refractivity contribution in [2.75, 3.05) is 14.2 Å². The molecule has 0 N–H and O–H groups in total. The van der Waals surface area contributed by atoms with Gasteiger partial charge in [0.05, 0.1) is 20.6 Å². The lowest BCUT2D eigenvalue weighted by Crippen LogP contribution is -2.08. The molecule has 0 spiro atoms. The number of methoxy groups -OCH3 is 2. The number of aryl methyl sites for hydroxylation is 1. The molecule has 0 aliphatic carbocycles. The van der Waals surface area contributed by atoms with Gasteiger partial charge in [0.1, 0.15) is 12.0 Å². The van der Waals surface area contributed by atoms with E-state index in [1.165, 1.54) is 14.2 Å². The van der Waals surface area contributed by atoms with Crippen LogP contribution >= 0.6 is 0 Å². The first kappa shape index (κ1) is 12.2. The van der Waals surface area contributed by atoms with E-state index in [1.54, 1.807) is 12.1 Å². The van der Waals surface area contributed by atoms with Crippen LogP contribution in [0.25, 0.3) is 0 Å². The molecule has 0 aliphatic rings. The van der Waals surface area contributed by atoms with E-state index in [4.69, 9.17) is 4.74 Å². The molecule has 0 aromatic heterocycles. The molecular weight excluding hydrogens is 208 g/mol. The molecule has 0 bridgehead atoms. The Bertz CT molecular complexity index is 410. The van der Waals surface area contributed by atoms with Crippen molar-refractivity contribution < 1.29 is 19.1 Å². The van der Waals surface area contributed by atoms with Crippen LogP contribution in [-0.2, 0) is 16.0 Å². The second-order valence-corrected chi connectivity index (χ2v) is 3.41. The van der Waals surface area contributed by atoms with Gasteiger partial charge in [-0.1, -0.05) is 0 Å². The monoisotopic (exact) mass is 222 g/mol. The summed E-state index contributed by atoms with van der Waals surface area (Å²) in [6, 6.07) is 3.50. The van der Waals surface area contributed by atoms with Gasteiger partial charge < -0.3 is 9.47 Å². The summed E-state index contributed by atoms with van der Waals surface area (Å²) in [7, 11) is 2.81. The van der Waals surface area contributed by atoms with Crippen LogP contribution in [0, 0.1) is 6.92 Å². The molecular formula is C12H14O4. The van der Waals surface area contributed by atoms with E-state index in [2.05, 4.69) is 4.74 Å². The molecule has 86 valence electrons. The largest absolute Gasteiger partial charge is 0.496 e. The van der Waals surface area contributed by atoms with Crippen molar-refractivity contribution >= 4 is 12.3 Å². The Kier molecular flexibility index (Phi) is 4.05. The lowest BCUT2D eigenvalue weighted by atomic mass is 10.0. The van der Waals surface area contributed by atoms with Crippen LogP contribution in [-0.4, -0.2) is 26.5 Å². The minimum absolute atomic E-state index is 0.0357. The van der Waals surface area contributed by atoms with Gasteiger partial charge in [0.2, 0.25) is 0 Å². The number of aldehydes is 1. The molecule has 0 amide bonds. The lowest BCUT2D eigenvalue weighted by molar-refractivity contribution is -0.139. The Morgan fingerprint density at radius 1 is 1.38 bits per heavy atom. The minimum atomic E-state index is -0.398. The van der Waals surface area contributed by atoms with E-state index in [0.717, 1.165) is 5.56 Å². The summed E-state index contributed by atoms with van der Waals surface area (Å²) >= 11 is 0. The third-order valence-electron chi connectivity index (χ3n) is 2.28. The van der Waals surface area contributed by atoms with Crippen LogP contribution in [0.15, 0.2) is 12.1 Å². The molecule has 0 radical (unpaired) electrons. The van der Waals surface area contributed by atoms with E-state index in [1.807, 2.05) is 6.92 Å². The molecule has 1 aromatic rings. The van der Waals surface area contributed by atoms with Gasteiger partial charge >= 0.3 is 5.97 Å². The van der Waals surface area contributed by atoms with Crippen LogP contribution in [0.4, 0.5) is 0 Å². The third kappa shape index (κ3) is 2.59. The number of carbonyl (C=O) groups is 2. The second kappa shape index (κ2) is 5.30. The van der Waals surface area contributed by atoms with Crippen molar-refractivity contribution in [3.63, 3.8) is 0 Å². The maximum atomic E-state index is 11.2. The van der Waals surface area contributed by atoms with Crippen LogP contribution in [0.3, 0.4) is 0 Å². The Hall–Kier alpha value is -1.84. The second-order valence-electron chi connectivity index (χ2n) is 3.41. The van der Waals surface area contributed by atoms with Crippen molar-refractivity contribution in [1.82, 2.24) is 0 Å². The van der Waals surface area contributed by atoms with Crippen molar-refractivity contribution in [3.05, 3.63) is 28.8 Å². The maximum absolute atomic E-state index is 11.2. The van der Waals surface area contributed by atoms with Gasteiger partial charge in [-0.3, -0.25) is 9.59 Å². The summed E-state index contributed by atoms with van der Waals surface area (Å²) in [5.41, 5.74) is 1.93. The molecule has 1 rings (SSSR count). The summed E-state index contributed by atoms with van der Waals surface area (Å²) < 4.78 is 9.72. The van der Waals surface area contributed by atoms with Crippen molar-refractivity contribution in [3.8, 4) is 5.75 Å². The van der Waals surface area contributed by atoms with Gasteiger partial charge in [0.25, 0.3) is 0 Å². The number of esters is 1. The van der Waals surface area contributed by atoms with E-state index in [-0.39, 0.29) is 6.42 Å². The van der Waals surface area contributed by atoms with Gasteiger partial charge in [0, 0.05) is 11.1 Å². The van der Waals surface area contributed by atoms with Crippen LogP contribution < -0.4 is 4.74 Å². The fourth-order valence-electron chi connectivity index (χ4n) is 1.50. The van der Waals surface area contributed by atoms with Crippen LogP contribution in [0.5, 0.6) is 5.75 Å². The molecule has 0 saturated carbocycles. The van der Waals surface area contributed by atoms with Crippen molar-refractivity contribution in [2.24, 2.45) is 0 Å². The van der Waals surface area contributed by atoms with E-state index >= 15 is 0 Å². The average molecular weight is 222 g/mol. The fraction of sp³-hybridized carbons (Fsp3) is 0.333. The molecule has 0 fully saturated rings. The number of carbonyl (C=O) groups excluding carboxylic acids is 2. The number of hydrogen-bond donors (Lipinski definition) is 0. The fourth-order valence-corrected chi connectivity index (χ4v) is 1.50. The number of ether oxygens (including phenoxy) is 2. The van der Waals surface area contributed by atoms with Crippen molar-refractivity contribution in [2.45, 2.75) is 13.3 Å². The summed E-state index contributed by atoms with van der Waals surface area (Å²) in [5.74, 6) is 0.137. The third-order valence-corrected chi connectivity index (χ3v) is 2.28. The van der Waals surface area contributed by atoms with Crippen LogP contribution in [0.2, 0.25) is 0 Å². The predicted molar refractivity (Wildman–Crippen MR) is 58.8 cm³/mol. The highest BCUT2D eigenvalue weighted by Crippen LogP contribution is 2.24. The first-order valence-electron chi connectivity index (χ1n) is 4.82. The number of hydrogen-bond acceptors (Lipinski definition) is 4. The smallest absolute Gasteiger partial charge is 0.310 e. The zero-order chi connectivity index (χ0) is 12.1. The van der Waals surface area contributed by atoms with Crippen molar-refractivity contribution in [1.29, 1.82) is 0 Å². The molecule has 4 heteroatoms. The average Bonchev–Trinajstić information content (AvgIpc) is 2.30. The van der Waals surface area contributed by atoms with E-state index in [9.17, 15) is 9.59 Å². The Morgan fingerprint density at radius 2 is 2.06 bits per heavy atom. The maximum Gasteiger partial charge on any atom is 0.310 e. The Morgan fingerprint density at radius 3 is 2.56 bits per heavy atom. The molecule has 0 atom stereocenters. The van der Waals surface area contributed by atoms with Gasteiger partial charge in [0.15, 0.2) is 0 Å². The first-order valence-corrected chi connectivity index (χ1v) is 4.82. The molecule has 0 saturated heterocycles. The van der Waals surface area contributed by atoms with Gasteiger partial charge in [-0.2, -0.15) is 0 Å². The number of rotatable bonds is 4. The summed E-state index contributed by atoms with van der Waals surface area (Å²) in [4.78, 5) is 22.1. The van der Waals surface area contributed by atoms with Gasteiger partial charge in [-0.25, -0.2) is 0 Å². The standard InChI is InChI=1S/C12H14O4/c1-8-4-9(7-13)10(6-12(14)16-3)11(5-8)15-2/h4-5,7H,6H2,1-3H3. The van der Waals surface area contributed by atoms with E-state index in [0.29, 0.717) is 23.2 Å². The SMILES string of the molecule is COC(=O)Cc1c(C=O)cc(C)cc1OC. The quantitative estimate of drug-likeness (QED) is 0.572. The van der Waals surface area contributed by atoms with E-state index < -0.39 is 5.97 Å². The zero-order valence-corrected chi connectivity index (χ0v) is 9.57. The highest BCUT2D eigenvalue weighted by molar-refractivity contribution is 5.83. The van der Waals surface area contributed by atoms with Gasteiger partial charge in [-0.05, 0) is 24.6 Å². The van der Waals surface area contributed by atoms with Crippen LogP contribution in [0.1, 0.15) is 21.5 Å². The van der Waals surface area contributed by atoms with Gasteiger partial charge in [-0.15, -0.1) is 0 Å². The Labute approximate surface area is 94.2 Å². The Balaban J connectivity index is 3.21. The lowest BCUT2D eigenvalue weighted by Gasteiger charge is -2.11. The highest BCUT2D eigenvalue weighted by atomic mass is 16.5. The normalized spacial score (nSPS) is 9.69. The molecule has 4 nitrogen and oxygen atoms in total. The molecule has 16 heavy (non-hydrogen) atoms. The number of benzene rings is 1. The topological polar surface area (TPSA) is 52.6 Å². The summed E-state index contributed by atoms with van der Waals surface area (Å²) in [5, 5.41) is 0. The predicted octanol–water partition coefficient (Wildman–Crippen LogP) is 1.53. The molecule has 1 aromatic carbocycles. The molecule has 0 heterocycles. The summed E-state index contributed by atoms with van der Waals surface area (Å²) in [6.07, 6.45) is 0.752. The highest BCUT2D eigenvalue weighted by Gasteiger charge is 2.14. The molecule has 0 aliphatic heterocycles. The summed E-state index contributed by atoms with van der Waals surface area (Å²) in [6.45, 7) is 1.86. The minimum Gasteiger partial charge on any atom is -0.496 e.